The van der Waals surface area contributed by atoms with Gasteiger partial charge in [0.25, 0.3) is 23.6 Å². The average molecular weight is 1460 g/mol. The predicted molar refractivity (Wildman–Crippen MR) is 389 cm³/mol. The van der Waals surface area contributed by atoms with Crippen molar-refractivity contribution in [2.75, 3.05) is 66.1 Å². The number of hydrogen-bond acceptors (Lipinski definition) is 22. The van der Waals surface area contributed by atoms with E-state index in [2.05, 4.69) is 0 Å². The first kappa shape index (κ1) is 68.9. The maximum absolute atomic E-state index is 16.5. The van der Waals surface area contributed by atoms with E-state index in [1.807, 2.05) is 13.8 Å². The quantitative estimate of drug-likeness (QED) is 0.0130. The Morgan fingerprint density at radius 2 is 0.630 bits per heavy atom. The fourth-order valence-corrected chi connectivity index (χ4v) is 13.7. The number of benzene rings is 11. The fraction of sp³-hybridized carbons (Fsp3) is 0.262. The van der Waals surface area contributed by atoms with Crippen molar-refractivity contribution in [3.63, 3.8) is 0 Å². The number of hydrogen-bond donors (Lipinski definition) is 2. The Morgan fingerprint density at radius 1 is 0.370 bits per heavy atom. The molecule has 0 aromatic heterocycles. The van der Waals surface area contributed by atoms with Crippen LogP contribution in [0.15, 0.2) is 170 Å². The van der Waals surface area contributed by atoms with Gasteiger partial charge in [0, 0.05) is 80.2 Å². The number of phenolic OH excluding ortho intramolecular Hbond substituents is 2. The summed E-state index contributed by atoms with van der Waals surface area (Å²) in [6, 6.07) is 42.0. The van der Waals surface area contributed by atoms with Gasteiger partial charge in [0.2, 0.25) is 0 Å². The second kappa shape index (κ2) is 28.9. The van der Waals surface area contributed by atoms with Gasteiger partial charge in [-0.05, 0) is 121 Å². The second-order valence-corrected chi connectivity index (χ2v) is 27.1. The van der Waals surface area contributed by atoms with E-state index in [0.29, 0.717) is 73.4 Å². The van der Waals surface area contributed by atoms with Crippen LogP contribution in [0, 0.1) is 0 Å². The van der Waals surface area contributed by atoms with Crippen LogP contribution in [0.4, 0.5) is 0 Å². The van der Waals surface area contributed by atoms with Gasteiger partial charge in [-0.1, -0.05) is 62.4 Å². The molecule has 108 heavy (non-hydrogen) atoms. The molecule has 0 bridgehead atoms. The number of phenols is 2. The lowest BCUT2D eigenvalue weighted by Gasteiger charge is -2.35. The molecule has 24 heteroatoms. The summed E-state index contributed by atoms with van der Waals surface area (Å²) in [6.07, 6.45) is -0.180. The minimum absolute atomic E-state index is 0.0489. The zero-order valence-corrected chi connectivity index (χ0v) is 58.5. The number of rotatable bonds is 32. The largest absolute Gasteiger partial charge is 0.508 e. The van der Waals surface area contributed by atoms with Crippen LogP contribution in [0.3, 0.4) is 0 Å². The van der Waals surface area contributed by atoms with E-state index in [9.17, 15) is 19.8 Å². The molecular formula is C84H70N2O22. The van der Waals surface area contributed by atoms with E-state index in [4.69, 9.17) is 66.3 Å². The summed E-state index contributed by atoms with van der Waals surface area (Å²) in [5, 5.41) is 21.9. The minimum atomic E-state index is -1.60. The van der Waals surface area contributed by atoms with Crippen LogP contribution in [-0.4, -0.2) is 158 Å². The predicted octanol–water partition coefficient (Wildman–Crippen LogP) is 13.7. The zero-order valence-electron chi connectivity index (χ0n) is 58.5. The van der Waals surface area contributed by atoms with Crippen molar-refractivity contribution in [1.82, 2.24) is 9.80 Å². The molecule has 0 spiro atoms. The first-order valence-corrected chi connectivity index (χ1v) is 35.8. The second-order valence-electron chi connectivity index (χ2n) is 27.1. The molecule has 4 fully saturated rings. The highest BCUT2D eigenvalue weighted by atomic mass is 16.6. The smallest absolute Gasteiger partial charge is 0.329 e. The van der Waals surface area contributed by atoms with Crippen molar-refractivity contribution >= 4 is 78.7 Å². The summed E-state index contributed by atoms with van der Waals surface area (Å²) in [6.45, 7) is 6.51. The van der Waals surface area contributed by atoms with Crippen LogP contribution >= 0.6 is 0 Å². The molecule has 6 aliphatic heterocycles. The van der Waals surface area contributed by atoms with Crippen molar-refractivity contribution in [3.05, 3.63) is 203 Å². The number of carbonyl (C=O) groups excluding carboxylic acids is 6. The molecule has 4 saturated heterocycles. The van der Waals surface area contributed by atoms with Crippen molar-refractivity contribution < 1.29 is 105 Å². The first-order valence-electron chi connectivity index (χ1n) is 35.8. The molecule has 11 aromatic carbocycles. The van der Waals surface area contributed by atoms with E-state index in [1.54, 1.807) is 121 Å². The number of nitrogens with zero attached hydrogens (tertiary/aromatic N) is 2. The molecule has 4 amide bonds. The molecule has 11 aromatic rings. The van der Waals surface area contributed by atoms with E-state index in [0.717, 1.165) is 9.80 Å². The highest BCUT2D eigenvalue weighted by Crippen LogP contribution is 2.58. The highest BCUT2D eigenvalue weighted by molar-refractivity contribution is 6.45. The number of imide groups is 2. The number of esters is 2. The van der Waals surface area contributed by atoms with Gasteiger partial charge < -0.3 is 76.5 Å². The van der Waals surface area contributed by atoms with E-state index < -0.39 is 47.7 Å². The topological polar surface area (TPSA) is 292 Å². The van der Waals surface area contributed by atoms with E-state index >= 15 is 19.2 Å². The lowest BCUT2D eigenvalue weighted by atomic mass is 9.80. The van der Waals surface area contributed by atoms with Gasteiger partial charge in [-0.25, -0.2) is 9.59 Å². The fourth-order valence-electron chi connectivity index (χ4n) is 13.7. The summed E-state index contributed by atoms with van der Waals surface area (Å²) in [4.78, 5) is 97.5. The molecule has 548 valence electrons. The third-order valence-electron chi connectivity index (χ3n) is 19.2. The van der Waals surface area contributed by atoms with Gasteiger partial charge in [0.15, 0.2) is 0 Å². The molecule has 0 saturated carbocycles. The van der Waals surface area contributed by atoms with Crippen molar-refractivity contribution in [3.8, 4) is 80.5 Å². The van der Waals surface area contributed by atoms with Crippen LogP contribution in [0.2, 0.25) is 0 Å². The standard InChI is InChI=1S/C84H70N2O22/c1-3-25-95-83(93)65(27-45-17-21-47(87)22-18-45)85-79(89)61-33-67(105-53-13-5-9-49(29-53)97-37-57-41-101-57)73-75-69(107-55-15-7-11-51(31-55)99-39-59-43-103-59)35-63-72-64(82(92)86(81(63)91)66(84(94)96-26-4-2)28-46-19-23-48(88)24-20-46)36-70(108-56-16-8-12-52(32-56)100-40-60-44-104-60)76(78(72)75)74-68(34-62(80(85)90)71(61)77(73)74)106-54-14-6-10-50(30-54)98-38-58-42-102-58/h5-24,29-36,57-60,65-66,87-88H,3-4,25-28,37-44H2,1-2H3. The van der Waals surface area contributed by atoms with Gasteiger partial charge in [0.1, 0.15) is 143 Å². The van der Waals surface area contributed by atoms with E-state index in [1.165, 1.54) is 48.5 Å². The molecular weight excluding hydrogens is 1390 g/mol. The van der Waals surface area contributed by atoms with Crippen LogP contribution in [0.1, 0.15) is 79.2 Å². The summed E-state index contributed by atoms with van der Waals surface area (Å²) in [5.74, 6) is -3.45. The van der Waals surface area contributed by atoms with Crippen molar-refractivity contribution in [2.24, 2.45) is 0 Å². The minimum Gasteiger partial charge on any atom is -0.508 e. The molecule has 6 atom stereocenters. The Hall–Kier alpha value is -12.2. The Kier molecular flexibility index (Phi) is 18.4. The maximum atomic E-state index is 16.5. The zero-order chi connectivity index (χ0) is 73.8. The summed E-state index contributed by atoms with van der Waals surface area (Å²) in [5.41, 5.74) is 0.473. The van der Waals surface area contributed by atoms with Crippen molar-refractivity contribution in [1.29, 1.82) is 0 Å². The number of carbonyl (C=O) groups is 6. The molecule has 2 N–H and O–H groups in total. The molecule has 6 heterocycles. The maximum Gasteiger partial charge on any atom is 0.329 e. The molecule has 6 aliphatic rings. The SMILES string of the molecule is CCCOC(=O)C(Cc1ccc(O)cc1)N1C(=O)c2cc(Oc3cccc(OCC4CO4)c3)c3c4c(Oc5cccc(OCC6CO6)c5)cc5c6c(cc(Oc7cccc(OCC8CO8)c7)c(c7c(Oc8cccc(OCC9CO9)c8)cc(c2c37)C1=O)c64)C(=O)N(C(Cc1ccc(O)cc1)C(=O)OCCC)C5=O. The first-order chi connectivity index (χ1) is 52.7. The average Bonchev–Trinajstić information content (AvgIpc) is 1.36. The Labute approximate surface area is 616 Å². The molecule has 0 radical (unpaired) electrons. The van der Waals surface area contributed by atoms with Crippen LogP contribution in [-0.2, 0) is 50.9 Å². The normalized spacial score (nSPS) is 17.9. The molecule has 24 nitrogen and oxygen atoms in total. The third-order valence-corrected chi connectivity index (χ3v) is 19.2. The van der Waals surface area contributed by atoms with Gasteiger partial charge in [-0.2, -0.15) is 0 Å². The van der Waals surface area contributed by atoms with E-state index in [-0.39, 0.29) is 200 Å². The van der Waals surface area contributed by atoms with Crippen molar-refractivity contribution in [2.45, 2.75) is 76.0 Å². The number of epoxide rings is 4. The van der Waals surface area contributed by atoms with Gasteiger partial charge in [0.05, 0.1) is 61.9 Å². The lowest BCUT2D eigenvalue weighted by molar-refractivity contribution is -0.149. The Bertz CT molecular complexity index is 4810. The number of amides is 4. The monoisotopic (exact) mass is 1460 g/mol. The van der Waals surface area contributed by atoms with Gasteiger partial charge >= 0.3 is 11.9 Å². The molecule has 17 rings (SSSR count). The van der Waals surface area contributed by atoms with Crippen LogP contribution < -0.4 is 37.9 Å². The van der Waals surface area contributed by atoms with Crippen LogP contribution in [0.25, 0.3) is 43.1 Å². The number of aromatic hydroxyl groups is 2. The lowest BCUT2D eigenvalue weighted by Crippen LogP contribution is -2.52. The summed E-state index contributed by atoms with van der Waals surface area (Å²) < 4.78 is 87.9. The Balaban J connectivity index is 0.994. The molecule has 0 aliphatic carbocycles. The molecule has 6 unspecified atom stereocenters. The highest BCUT2D eigenvalue weighted by Gasteiger charge is 2.47. The van der Waals surface area contributed by atoms with Gasteiger partial charge in [-0.15, -0.1) is 0 Å². The Morgan fingerprint density at radius 3 is 0.880 bits per heavy atom. The summed E-state index contributed by atoms with van der Waals surface area (Å²) >= 11 is 0. The van der Waals surface area contributed by atoms with Crippen LogP contribution in [0.5, 0.6) is 80.5 Å². The number of ether oxygens (including phenoxy) is 14. The summed E-state index contributed by atoms with van der Waals surface area (Å²) in [7, 11) is 0. The third kappa shape index (κ3) is 14.0. The van der Waals surface area contributed by atoms with Gasteiger partial charge in [-0.3, -0.25) is 29.0 Å². The number of fused-ring (bicyclic) bond motifs is 2.